The summed E-state index contributed by atoms with van der Waals surface area (Å²) >= 11 is 0. The average molecular weight is 473 g/mol. The van der Waals surface area contributed by atoms with Gasteiger partial charge in [-0.1, -0.05) is 55.3 Å². The van der Waals surface area contributed by atoms with E-state index in [1.807, 2.05) is 31.2 Å². The van der Waals surface area contributed by atoms with E-state index >= 15 is 0 Å². The van der Waals surface area contributed by atoms with E-state index in [1.165, 1.54) is 44.3 Å². The number of amides is 2. The third-order valence-corrected chi connectivity index (χ3v) is 7.44. The zero-order valence-corrected chi connectivity index (χ0v) is 20.6. The van der Waals surface area contributed by atoms with Crippen LogP contribution < -0.4 is 10.6 Å². The van der Waals surface area contributed by atoms with Gasteiger partial charge in [-0.2, -0.15) is 0 Å². The van der Waals surface area contributed by atoms with Crippen molar-refractivity contribution >= 4 is 22.7 Å². The predicted molar refractivity (Wildman–Crippen MR) is 139 cm³/mol. The van der Waals surface area contributed by atoms with Gasteiger partial charge in [-0.25, -0.2) is 0 Å². The number of carbonyl (C=O) groups excluding carboxylic acids is 2. The molecule has 3 N–H and O–H groups in total. The van der Waals surface area contributed by atoms with Crippen LogP contribution in [-0.2, 0) is 17.9 Å². The topological polar surface area (TPSA) is 77.2 Å². The van der Waals surface area contributed by atoms with Crippen LogP contribution in [0, 0.1) is 12.8 Å². The maximum Gasteiger partial charge on any atom is 0.268 e. The molecule has 2 aliphatic rings. The third-order valence-electron chi connectivity index (χ3n) is 7.44. The fourth-order valence-corrected chi connectivity index (χ4v) is 5.17. The summed E-state index contributed by atoms with van der Waals surface area (Å²) in [7, 11) is 0. The molecule has 3 aromatic rings. The summed E-state index contributed by atoms with van der Waals surface area (Å²) in [4.78, 5) is 32.1. The number of aryl methyl sites for hydroxylation is 1. The number of nitrogens with one attached hydrogen (secondary N) is 3. The number of nitrogens with zero attached hydrogens (tertiary/aromatic N) is 1. The molecule has 0 bridgehead atoms. The van der Waals surface area contributed by atoms with E-state index in [-0.39, 0.29) is 11.8 Å². The summed E-state index contributed by atoms with van der Waals surface area (Å²) in [5.41, 5.74) is 4.75. The zero-order valence-electron chi connectivity index (χ0n) is 20.6. The molecule has 1 aliphatic carbocycles. The van der Waals surface area contributed by atoms with Crippen molar-refractivity contribution in [2.75, 3.05) is 13.1 Å². The quantitative estimate of drug-likeness (QED) is 0.401. The summed E-state index contributed by atoms with van der Waals surface area (Å²) < 4.78 is 0. The van der Waals surface area contributed by atoms with Crippen LogP contribution in [0.1, 0.15) is 65.7 Å². The van der Waals surface area contributed by atoms with Gasteiger partial charge in [0, 0.05) is 24.0 Å². The lowest BCUT2D eigenvalue weighted by atomic mass is 10.1. The van der Waals surface area contributed by atoms with E-state index < -0.39 is 6.04 Å². The Hall–Kier alpha value is -3.12. The van der Waals surface area contributed by atoms with Gasteiger partial charge in [0.05, 0.1) is 0 Å². The molecule has 2 heterocycles. The highest BCUT2D eigenvalue weighted by Gasteiger charge is 2.27. The Labute approximate surface area is 207 Å². The molecular weight excluding hydrogens is 436 g/mol. The number of aromatic amines is 1. The molecule has 5 rings (SSSR count). The molecule has 1 unspecified atom stereocenters. The van der Waals surface area contributed by atoms with Crippen molar-refractivity contribution < 1.29 is 9.59 Å². The molecule has 0 radical (unpaired) electrons. The van der Waals surface area contributed by atoms with Gasteiger partial charge < -0.3 is 15.6 Å². The van der Waals surface area contributed by atoms with Crippen molar-refractivity contribution in [1.29, 1.82) is 0 Å². The van der Waals surface area contributed by atoms with Gasteiger partial charge in [-0.15, -0.1) is 0 Å². The Balaban J connectivity index is 1.23. The van der Waals surface area contributed by atoms with Crippen molar-refractivity contribution in [2.45, 2.75) is 64.6 Å². The predicted octanol–water partition coefficient (Wildman–Crippen LogP) is 4.68. The molecule has 6 nitrogen and oxygen atoms in total. The van der Waals surface area contributed by atoms with E-state index in [0.29, 0.717) is 24.6 Å². The highest BCUT2D eigenvalue weighted by atomic mass is 16.2. The van der Waals surface area contributed by atoms with Crippen LogP contribution in [0.5, 0.6) is 0 Å². The summed E-state index contributed by atoms with van der Waals surface area (Å²) in [6.45, 7) is 5.71. The lowest BCUT2D eigenvalue weighted by molar-refractivity contribution is -0.123. The Morgan fingerprint density at radius 3 is 2.60 bits per heavy atom. The van der Waals surface area contributed by atoms with Crippen molar-refractivity contribution in [2.24, 2.45) is 5.92 Å². The van der Waals surface area contributed by atoms with Crippen molar-refractivity contribution in [3.05, 3.63) is 70.9 Å². The molecule has 1 saturated carbocycles. The van der Waals surface area contributed by atoms with E-state index in [1.54, 1.807) is 0 Å². The van der Waals surface area contributed by atoms with Gasteiger partial charge in [0.25, 0.3) is 5.91 Å². The first-order valence-electron chi connectivity index (χ1n) is 13.0. The van der Waals surface area contributed by atoms with E-state index in [4.69, 9.17) is 0 Å². The van der Waals surface area contributed by atoms with E-state index in [2.05, 4.69) is 44.8 Å². The number of aromatic nitrogens is 1. The second-order valence-corrected chi connectivity index (χ2v) is 10.2. The first kappa shape index (κ1) is 23.6. The van der Waals surface area contributed by atoms with Gasteiger partial charge >= 0.3 is 0 Å². The van der Waals surface area contributed by atoms with Crippen LogP contribution in [0.4, 0.5) is 0 Å². The molecule has 6 heteroatoms. The van der Waals surface area contributed by atoms with Crippen LogP contribution in [-0.4, -0.2) is 40.8 Å². The maximum absolute atomic E-state index is 13.2. The van der Waals surface area contributed by atoms with Crippen molar-refractivity contribution in [3.8, 4) is 0 Å². The van der Waals surface area contributed by atoms with Crippen LogP contribution >= 0.6 is 0 Å². The standard InChI is InChI=1S/C29H36N4O2/c1-20-24-9-2-3-10-25(24)31-27(20)29(35)32-26(14-13-21-11-12-21)28(34)30-18-22-7-6-8-23(17-22)19-33-15-4-5-16-33/h2-3,6-10,17,21,26,31H,4-5,11-16,18-19H2,1H3,(H,30,34)(H,32,35). The van der Waals surface area contributed by atoms with Crippen LogP contribution in [0.2, 0.25) is 0 Å². The molecule has 1 aliphatic heterocycles. The normalized spacial score (nSPS) is 16.9. The molecule has 1 aromatic heterocycles. The molecule has 2 aromatic carbocycles. The summed E-state index contributed by atoms with van der Waals surface area (Å²) in [5.74, 6) is 0.360. The molecule has 1 saturated heterocycles. The molecule has 0 spiro atoms. The number of fused-ring (bicyclic) bond motifs is 1. The second-order valence-electron chi connectivity index (χ2n) is 10.2. The van der Waals surface area contributed by atoms with E-state index in [0.717, 1.165) is 35.0 Å². The summed E-state index contributed by atoms with van der Waals surface area (Å²) in [6, 6.07) is 15.8. The van der Waals surface area contributed by atoms with E-state index in [9.17, 15) is 9.59 Å². The minimum Gasteiger partial charge on any atom is -0.350 e. The van der Waals surface area contributed by atoms with Gasteiger partial charge in [0.2, 0.25) is 5.91 Å². The molecule has 1 atom stereocenters. The lowest BCUT2D eigenvalue weighted by Gasteiger charge is -2.19. The van der Waals surface area contributed by atoms with Crippen LogP contribution in [0.25, 0.3) is 10.9 Å². The number of para-hydroxylation sites is 1. The molecule has 184 valence electrons. The van der Waals surface area contributed by atoms with Gasteiger partial charge in [-0.05, 0) is 74.4 Å². The van der Waals surface area contributed by atoms with Crippen molar-refractivity contribution in [1.82, 2.24) is 20.5 Å². The Morgan fingerprint density at radius 2 is 1.83 bits per heavy atom. The number of benzene rings is 2. The SMILES string of the molecule is Cc1c(C(=O)NC(CCC2CC2)C(=O)NCc2cccc(CN3CCCC3)c2)[nH]c2ccccc12. The lowest BCUT2D eigenvalue weighted by Crippen LogP contribution is -2.46. The number of likely N-dealkylation sites (tertiary alicyclic amines) is 1. The number of rotatable bonds is 10. The van der Waals surface area contributed by atoms with Gasteiger partial charge in [0.1, 0.15) is 11.7 Å². The Bertz CT molecular complexity index is 1190. The Morgan fingerprint density at radius 1 is 1.06 bits per heavy atom. The van der Waals surface area contributed by atoms with Crippen molar-refractivity contribution in [3.63, 3.8) is 0 Å². The maximum atomic E-state index is 13.2. The second kappa shape index (κ2) is 10.6. The minimum absolute atomic E-state index is 0.113. The Kier molecular flexibility index (Phi) is 7.19. The largest absolute Gasteiger partial charge is 0.350 e. The first-order chi connectivity index (χ1) is 17.1. The molecule has 2 amide bonds. The van der Waals surface area contributed by atoms with Gasteiger partial charge in [-0.3, -0.25) is 14.5 Å². The fourth-order valence-electron chi connectivity index (χ4n) is 5.17. The highest BCUT2D eigenvalue weighted by Crippen LogP contribution is 2.34. The van der Waals surface area contributed by atoms with Gasteiger partial charge in [0.15, 0.2) is 0 Å². The monoisotopic (exact) mass is 472 g/mol. The molecular formula is C29H36N4O2. The zero-order chi connectivity index (χ0) is 24.2. The fraction of sp³-hybridized carbons (Fsp3) is 0.448. The average Bonchev–Trinajstić information content (AvgIpc) is 3.45. The third kappa shape index (κ3) is 5.93. The van der Waals surface area contributed by atoms with Crippen LogP contribution in [0.15, 0.2) is 48.5 Å². The number of hydrogen-bond acceptors (Lipinski definition) is 3. The minimum atomic E-state index is -0.540. The number of H-pyrrole nitrogens is 1. The van der Waals surface area contributed by atoms with Crippen LogP contribution in [0.3, 0.4) is 0 Å². The number of carbonyl (C=O) groups is 2. The highest BCUT2D eigenvalue weighted by molar-refractivity contribution is 6.02. The smallest absolute Gasteiger partial charge is 0.268 e. The summed E-state index contributed by atoms with van der Waals surface area (Å²) in [5, 5.41) is 7.14. The first-order valence-corrected chi connectivity index (χ1v) is 13.0. The molecule has 2 fully saturated rings. The molecule has 35 heavy (non-hydrogen) atoms. The number of hydrogen-bond donors (Lipinski definition) is 3. The summed E-state index contributed by atoms with van der Waals surface area (Å²) in [6.07, 6.45) is 6.65.